The van der Waals surface area contributed by atoms with Gasteiger partial charge in [0.15, 0.2) is 0 Å². The molecule has 1 unspecified atom stereocenters. The number of hydrogen-bond acceptors (Lipinski definition) is 5. The molecule has 1 atom stereocenters. The lowest BCUT2D eigenvalue weighted by atomic mass is 10.1. The summed E-state index contributed by atoms with van der Waals surface area (Å²) in [4.78, 5) is 22.8. The minimum atomic E-state index is 0.0422. The predicted octanol–water partition coefficient (Wildman–Crippen LogP) is 2.77. The topological polar surface area (TPSA) is 73.1 Å². The lowest BCUT2D eigenvalue weighted by molar-refractivity contribution is 0.0721. The maximum Gasteiger partial charge on any atom is 0.254 e. The van der Waals surface area contributed by atoms with Gasteiger partial charge in [-0.3, -0.25) is 14.5 Å². The van der Waals surface area contributed by atoms with Crippen LogP contribution in [0.2, 0.25) is 0 Å². The molecular weight excluding hydrogens is 330 g/mol. The molecule has 1 aliphatic heterocycles. The molecule has 1 aromatic carbocycles. The van der Waals surface area contributed by atoms with E-state index in [-0.39, 0.29) is 11.9 Å². The van der Waals surface area contributed by atoms with Crippen LogP contribution in [0.3, 0.4) is 0 Å². The average Bonchev–Trinajstić information content (AvgIpc) is 3.35. The molecule has 7 heteroatoms. The first-order chi connectivity index (χ1) is 12.8. The Labute approximate surface area is 151 Å². The zero-order chi connectivity index (χ0) is 17.8. The van der Waals surface area contributed by atoms with Crippen LogP contribution < -0.4 is 4.74 Å². The van der Waals surface area contributed by atoms with Crippen molar-refractivity contribution in [3.63, 3.8) is 0 Å². The maximum atomic E-state index is 12.9. The van der Waals surface area contributed by atoms with Gasteiger partial charge >= 0.3 is 0 Å². The van der Waals surface area contributed by atoms with Crippen LogP contribution in [0.4, 0.5) is 0 Å². The third-order valence-corrected chi connectivity index (χ3v) is 4.47. The minimum absolute atomic E-state index is 0.0422. The van der Waals surface area contributed by atoms with Crippen LogP contribution in [-0.2, 0) is 6.54 Å². The Balaban J connectivity index is 1.44. The maximum absolute atomic E-state index is 12.9. The number of carbonyl (C=O) groups excluding carboxylic acids is 1. The van der Waals surface area contributed by atoms with E-state index >= 15 is 0 Å². The summed E-state index contributed by atoms with van der Waals surface area (Å²) in [6, 6.07) is 11.0. The van der Waals surface area contributed by atoms with Crippen LogP contribution in [0.15, 0.2) is 61.4 Å². The number of ether oxygens (including phenoxy) is 1. The third-order valence-electron chi connectivity index (χ3n) is 4.47. The molecule has 1 aliphatic rings. The number of carbonyl (C=O) groups is 1. The highest BCUT2D eigenvalue weighted by atomic mass is 16.5. The van der Waals surface area contributed by atoms with Gasteiger partial charge in [-0.25, -0.2) is 4.98 Å². The van der Waals surface area contributed by atoms with E-state index in [0.29, 0.717) is 23.6 Å². The molecule has 4 rings (SSSR count). The second kappa shape index (κ2) is 7.35. The standard InChI is InChI=1S/C19H19N5O2/c25-19(24-10-2-3-16(24)12-23-14-21-13-22-23)15-5-7-17(8-6-15)26-18-4-1-9-20-11-18/h1,4-9,11,13-14,16H,2-3,10,12H2. The van der Waals surface area contributed by atoms with Crippen molar-refractivity contribution in [2.24, 2.45) is 0 Å². The number of aromatic nitrogens is 4. The Kier molecular flexibility index (Phi) is 4.59. The van der Waals surface area contributed by atoms with Gasteiger partial charge in [-0.1, -0.05) is 0 Å². The summed E-state index contributed by atoms with van der Waals surface area (Å²) in [5.41, 5.74) is 0.661. The van der Waals surface area contributed by atoms with Gasteiger partial charge < -0.3 is 9.64 Å². The Bertz CT molecular complexity index is 849. The summed E-state index contributed by atoms with van der Waals surface area (Å²) in [6.45, 7) is 1.44. The molecule has 0 radical (unpaired) electrons. The molecule has 0 aliphatic carbocycles. The van der Waals surface area contributed by atoms with E-state index in [1.165, 1.54) is 6.33 Å². The van der Waals surface area contributed by atoms with Gasteiger partial charge in [-0.05, 0) is 49.2 Å². The summed E-state index contributed by atoms with van der Waals surface area (Å²) in [6.07, 6.45) is 8.53. The van der Waals surface area contributed by atoms with Gasteiger partial charge in [0.05, 0.1) is 18.8 Å². The third kappa shape index (κ3) is 3.56. The molecule has 3 aromatic rings. The van der Waals surface area contributed by atoms with Crippen molar-refractivity contribution in [1.82, 2.24) is 24.6 Å². The van der Waals surface area contributed by atoms with E-state index in [9.17, 15) is 4.79 Å². The molecule has 1 fully saturated rings. The summed E-state index contributed by atoms with van der Waals surface area (Å²) in [5.74, 6) is 1.38. The SMILES string of the molecule is O=C(c1ccc(Oc2cccnc2)cc1)N1CCCC1Cn1cncn1. The Morgan fingerprint density at radius 1 is 1.15 bits per heavy atom. The van der Waals surface area contributed by atoms with Crippen molar-refractivity contribution < 1.29 is 9.53 Å². The largest absolute Gasteiger partial charge is 0.456 e. The quantitative estimate of drug-likeness (QED) is 0.708. The molecule has 2 aromatic heterocycles. The molecule has 7 nitrogen and oxygen atoms in total. The Morgan fingerprint density at radius 3 is 2.77 bits per heavy atom. The van der Waals surface area contributed by atoms with Gasteiger partial charge in [0.25, 0.3) is 5.91 Å². The number of benzene rings is 1. The first kappa shape index (κ1) is 16.3. The summed E-state index contributed by atoms with van der Waals surface area (Å²) >= 11 is 0. The molecule has 0 saturated carbocycles. The van der Waals surface area contributed by atoms with Crippen LogP contribution in [0.1, 0.15) is 23.2 Å². The highest BCUT2D eigenvalue weighted by molar-refractivity contribution is 5.94. The zero-order valence-electron chi connectivity index (χ0n) is 14.2. The smallest absolute Gasteiger partial charge is 0.254 e. The predicted molar refractivity (Wildman–Crippen MR) is 94.8 cm³/mol. The second-order valence-electron chi connectivity index (χ2n) is 6.23. The number of likely N-dealkylation sites (tertiary alicyclic amines) is 1. The molecule has 1 saturated heterocycles. The van der Waals surface area contributed by atoms with Crippen molar-refractivity contribution in [3.8, 4) is 11.5 Å². The monoisotopic (exact) mass is 349 g/mol. The van der Waals surface area contributed by atoms with E-state index in [4.69, 9.17) is 4.74 Å². The van der Waals surface area contributed by atoms with Crippen molar-refractivity contribution in [2.45, 2.75) is 25.4 Å². The minimum Gasteiger partial charge on any atom is -0.456 e. The fourth-order valence-corrected chi connectivity index (χ4v) is 3.21. The summed E-state index contributed by atoms with van der Waals surface area (Å²) < 4.78 is 7.50. The van der Waals surface area contributed by atoms with Crippen LogP contribution in [-0.4, -0.2) is 43.1 Å². The van der Waals surface area contributed by atoms with Gasteiger partial charge in [0.2, 0.25) is 0 Å². The molecule has 26 heavy (non-hydrogen) atoms. The molecule has 1 amide bonds. The molecule has 0 N–H and O–H groups in total. The van der Waals surface area contributed by atoms with Gasteiger partial charge in [-0.2, -0.15) is 5.10 Å². The van der Waals surface area contributed by atoms with Crippen molar-refractivity contribution >= 4 is 5.91 Å². The van der Waals surface area contributed by atoms with Crippen LogP contribution >= 0.6 is 0 Å². The molecule has 132 valence electrons. The number of amides is 1. The number of hydrogen-bond donors (Lipinski definition) is 0. The van der Waals surface area contributed by atoms with E-state index in [1.54, 1.807) is 35.5 Å². The molecule has 0 bridgehead atoms. The van der Waals surface area contributed by atoms with Gasteiger partial charge in [-0.15, -0.1) is 0 Å². The normalized spacial score (nSPS) is 16.6. The molecule has 3 heterocycles. The Morgan fingerprint density at radius 2 is 2.04 bits per heavy atom. The highest BCUT2D eigenvalue weighted by Gasteiger charge is 2.29. The molecule has 0 spiro atoms. The first-order valence-corrected chi connectivity index (χ1v) is 8.61. The van der Waals surface area contributed by atoms with Crippen LogP contribution in [0.25, 0.3) is 0 Å². The van der Waals surface area contributed by atoms with Crippen molar-refractivity contribution in [2.75, 3.05) is 6.54 Å². The van der Waals surface area contributed by atoms with Crippen molar-refractivity contribution in [3.05, 3.63) is 67.0 Å². The Hall–Kier alpha value is -3.22. The lowest BCUT2D eigenvalue weighted by Crippen LogP contribution is -2.38. The van der Waals surface area contributed by atoms with Gasteiger partial charge in [0, 0.05) is 18.3 Å². The van der Waals surface area contributed by atoms with Crippen molar-refractivity contribution in [1.29, 1.82) is 0 Å². The van der Waals surface area contributed by atoms with E-state index in [2.05, 4.69) is 15.1 Å². The van der Waals surface area contributed by atoms with Crippen LogP contribution in [0, 0.1) is 0 Å². The zero-order valence-corrected chi connectivity index (χ0v) is 14.2. The van der Waals surface area contributed by atoms with E-state index < -0.39 is 0 Å². The summed E-state index contributed by atoms with van der Waals surface area (Å²) in [7, 11) is 0. The number of pyridine rings is 1. The fraction of sp³-hybridized carbons (Fsp3) is 0.263. The average molecular weight is 349 g/mol. The van der Waals surface area contributed by atoms with E-state index in [1.807, 2.05) is 29.2 Å². The van der Waals surface area contributed by atoms with Gasteiger partial charge in [0.1, 0.15) is 24.2 Å². The molecular formula is C19H19N5O2. The lowest BCUT2D eigenvalue weighted by Gasteiger charge is -2.24. The van der Waals surface area contributed by atoms with Crippen LogP contribution in [0.5, 0.6) is 11.5 Å². The first-order valence-electron chi connectivity index (χ1n) is 8.61. The highest BCUT2D eigenvalue weighted by Crippen LogP contribution is 2.24. The number of rotatable bonds is 5. The fourth-order valence-electron chi connectivity index (χ4n) is 3.21. The number of nitrogens with zero attached hydrogens (tertiary/aromatic N) is 5. The second-order valence-corrected chi connectivity index (χ2v) is 6.23. The summed E-state index contributed by atoms with van der Waals surface area (Å²) in [5, 5.41) is 4.14. The van der Waals surface area contributed by atoms with E-state index in [0.717, 1.165) is 19.4 Å².